The SMILES string of the molecule is CCC1CN(CCOc2ccc(C(=O)c3c(-c4ccc(F)c(F)c4)sc4cc(O)ccc34)cc2)C1. The molecule has 0 unspecified atom stereocenters. The van der Waals surface area contributed by atoms with Crippen LogP contribution in [0.25, 0.3) is 20.5 Å². The van der Waals surface area contributed by atoms with Crippen molar-refractivity contribution in [2.45, 2.75) is 13.3 Å². The van der Waals surface area contributed by atoms with Crippen LogP contribution in [0, 0.1) is 17.6 Å². The predicted octanol–water partition coefficient (Wildman–Crippen LogP) is 6.50. The highest BCUT2D eigenvalue weighted by molar-refractivity contribution is 7.22. The van der Waals surface area contributed by atoms with Gasteiger partial charge in [0, 0.05) is 45.7 Å². The maximum Gasteiger partial charge on any atom is 0.195 e. The number of ketones is 1. The summed E-state index contributed by atoms with van der Waals surface area (Å²) in [6.45, 7) is 5.93. The van der Waals surface area contributed by atoms with Gasteiger partial charge in [-0.15, -0.1) is 11.3 Å². The molecule has 1 aliphatic rings. The molecule has 0 saturated carbocycles. The van der Waals surface area contributed by atoms with Crippen molar-refractivity contribution >= 4 is 27.2 Å². The number of phenols is 1. The number of carbonyl (C=O) groups is 1. The number of aromatic hydroxyl groups is 1. The van der Waals surface area contributed by atoms with E-state index in [0.717, 1.165) is 37.7 Å². The van der Waals surface area contributed by atoms with Gasteiger partial charge in [-0.1, -0.05) is 19.4 Å². The van der Waals surface area contributed by atoms with E-state index >= 15 is 0 Å². The number of thiophene rings is 1. The van der Waals surface area contributed by atoms with Crippen molar-refractivity contribution < 1.29 is 23.4 Å². The fraction of sp³-hybridized carbons (Fsp3) is 0.250. The van der Waals surface area contributed by atoms with E-state index in [2.05, 4.69) is 11.8 Å². The Morgan fingerprint density at radius 3 is 2.54 bits per heavy atom. The first-order valence-electron chi connectivity index (χ1n) is 11.6. The Labute approximate surface area is 206 Å². The molecule has 2 heterocycles. The third-order valence-corrected chi connectivity index (χ3v) is 7.69. The molecule has 0 atom stereocenters. The van der Waals surface area contributed by atoms with Gasteiger partial charge in [-0.2, -0.15) is 0 Å². The highest BCUT2D eigenvalue weighted by Gasteiger charge is 2.25. The predicted molar refractivity (Wildman–Crippen MR) is 134 cm³/mol. The van der Waals surface area contributed by atoms with E-state index in [1.165, 1.54) is 29.9 Å². The van der Waals surface area contributed by atoms with Crippen molar-refractivity contribution in [3.63, 3.8) is 0 Å². The van der Waals surface area contributed by atoms with Gasteiger partial charge in [-0.3, -0.25) is 9.69 Å². The first-order valence-corrected chi connectivity index (χ1v) is 12.5. The lowest BCUT2D eigenvalue weighted by molar-refractivity contribution is 0.0806. The molecule has 1 saturated heterocycles. The first-order chi connectivity index (χ1) is 16.9. The fourth-order valence-corrected chi connectivity index (χ4v) is 5.64. The zero-order valence-electron chi connectivity index (χ0n) is 19.3. The van der Waals surface area contributed by atoms with E-state index in [1.54, 1.807) is 36.4 Å². The zero-order valence-corrected chi connectivity index (χ0v) is 20.1. The molecule has 4 nitrogen and oxygen atoms in total. The standard InChI is InChI=1S/C28H25F2NO3S/c1-2-17-15-31(16-17)11-12-34-21-7-3-18(4-8-21)27(33)26-22-9-6-20(32)14-25(22)35-28(26)19-5-10-23(29)24(30)13-19/h3-10,13-14,17,32H,2,11-12,15-16H2,1H3. The summed E-state index contributed by atoms with van der Waals surface area (Å²) in [5, 5.41) is 10.6. The van der Waals surface area contributed by atoms with Crippen molar-refractivity contribution in [1.82, 2.24) is 4.90 Å². The number of phenolic OH excluding ortho intramolecular Hbond substituents is 1. The lowest BCUT2D eigenvalue weighted by atomic mass is 9.97. The number of rotatable bonds is 8. The van der Waals surface area contributed by atoms with Gasteiger partial charge in [0.05, 0.1) is 0 Å². The quantitative estimate of drug-likeness (QED) is 0.285. The topological polar surface area (TPSA) is 49.8 Å². The summed E-state index contributed by atoms with van der Waals surface area (Å²) in [4.78, 5) is 16.5. The van der Waals surface area contributed by atoms with E-state index < -0.39 is 11.6 Å². The van der Waals surface area contributed by atoms with Gasteiger partial charge < -0.3 is 9.84 Å². The minimum atomic E-state index is -0.980. The van der Waals surface area contributed by atoms with Crippen LogP contribution in [0.4, 0.5) is 8.78 Å². The van der Waals surface area contributed by atoms with Crippen LogP contribution in [0.1, 0.15) is 29.3 Å². The van der Waals surface area contributed by atoms with Crippen LogP contribution in [0.3, 0.4) is 0 Å². The number of nitrogens with zero attached hydrogens (tertiary/aromatic N) is 1. The Morgan fingerprint density at radius 1 is 1.06 bits per heavy atom. The van der Waals surface area contributed by atoms with Gasteiger partial charge in [0.2, 0.25) is 0 Å². The van der Waals surface area contributed by atoms with Gasteiger partial charge >= 0.3 is 0 Å². The molecule has 1 aliphatic heterocycles. The Hall–Kier alpha value is -3.29. The second-order valence-electron chi connectivity index (χ2n) is 8.85. The van der Waals surface area contributed by atoms with Gasteiger partial charge in [0.25, 0.3) is 0 Å². The van der Waals surface area contributed by atoms with Crippen LogP contribution in [0.15, 0.2) is 60.7 Å². The summed E-state index contributed by atoms with van der Waals surface area (Å²) >= 11 is 1.26. The molecule has 0 radical (unpaired) electrons. The van der Waals surface area contributed by atoms with Gasteiger partial charge in [-0.05, 0) is 66.1 Å². The number of benzene rings is 3. The molecule has 180 valence electrons. The summed E-state index contributed by atoms with van der Waals surface area (Å²) in [6, 6.07) is 15.3. The lowest BCUT2D eigenvalue weighted by Gasteiger charge is -2.38. The summed E-state index contributed by atoms with van der Waals surface area (Å²) in [5.74, 6) is -0.607. The molecule has 1 N–H and O–H groups in total. The van der Waals surface area contributed by atoms with Crippen LogP contribution in [0.2, 0.25) is 0 Å². The molecule has 3 aromatic carbocycles. The molecule has 35 heavy (non-hydrogen) atoms. The largest absolute Gasteiger partial charge is 0.508 e. The third-order valence-electron chi connectivity index (χ3n) is 6.49. The molecule has 1 aromatic heterocycles. The van der Waals surface area contributed by atoms with E-state index in [9.17, 15) is 18.7 Å². The zero-order chi connectivity index (χ0) is 24.5. The van der Waals surface area contributed by atoms with E-state index in [0.29, 0.717) is 44.0 Å². The van der Waals surface area contributed by atoms with Crippen LogP contribution < -0.4 is 4.74 Å². The summed E-state index contributed by atoms with van der Waals surface area (Å²) in [5.41, 5.74) is 1.26. The lowest BCUT2D eigenvalue weighted by Crippen LogP contribution is -2.47. The third kappa shape index (κ3) is 4.79. The minimum absolute atomic E-state index is 0.0690. The number of hydrogen-bond acceptors (Lipinski definition) is 5. The number of likely N-dealkylation sites (tertiary alicyclic amines) is 1. The summed E-state index contributed by atoms with van der Waals surface area (Å²) in [6.07, 6.45) is 1.21. The smallest absolute Gasteiger partial charge is 0.195 e. The number of ether oxygens (including phenoxy) is 1. The van der Waals surface area contributed by atoms with Crippen molar-refractivity contribution in [2.75, 3.05) is 26.2 Å². The van der Waals surface area contributed by atoms with Crippen LogP contribution in [-0.4, -0.2) is 42.0 Å². The molecule has 0 spiro atoms. The number of hydrogen-bond donors (Lipinski definition) is 1. The maximum atomic E-state index is 14.0. The summed E-state index contributed by atoms with van der Waals surface area (Å²) in [7, 11) is 0. The highest BCUT2D eigenvalue weighted by Crippen LogP contribution is 2.41. The van der Waals surface area contributed by atoms with E-state index in [1.807, 2.05) is 0 Å². The van der Waals surface area contributed by atoms with Crippen molar-refractivity contribution in [3.8, 4) is 21.9 Å². The molecule has 1 fully saturated rings. The van der Waals surface area contributed by atoms with Gasteiger partial charge in [0.1, 0.15) is 18.1 Å². The molecule has 5 rings (SSSR count). The molecule has 0 bridgehead atoms. The molecular weight excluding hydrogens is 468 g/mol. The van der Waals surface area contributed by atoms with Gasteiger partial charge in [-0.25, -0.2) is 8.78 Å². The first kappa shape index (κ1) is 23.5. The van der Waals surface area contributed by atoms with Gasteiger partial charge in [0.15, 0.2) is 17.4 Å². The second kappa shape index (κ2) is 9.76. The van der Waals surface area contributed by atoms with E-state index in [-0.39, 0.29) is 11.5 Å². The van der Waals surface area contributed by atoms with Crippen molar-refractivity contribution in [3.05, 3.63) is 83.4 Å². The van der Waals surface area contributed by atoms with Crippen molar-refractivity contribution in [2.24, 2.45) is 5.92 Å². The average molecular weight is 494 g/mol. The molecule has 7 heteroatoms. The monoisotopic (exact) mass is 493 g/mol. The van der Waals surface area contributed by atoms with Crippen LogP contribution in [0.5, 0.6) is 11.5 Å². The average Bonchev–Trinajstić information content (AvgIpc) is 3.20. The number of halogens is 2. The normalized spacial score (nSPS) is 14.3. The Morgan fingerprint density at radius 2 is 1.83 bits per heavy atom. The second-order valence-corrected chi connectivity index (χ2v) is 9.90. The maximum absolute atomic E-state index is 14.0. The molecule has 0 aliphatic carbocycles. The minimum Gasteiger partial charge on any atom is -0.508 e. The number of fused-ring (bicyclic) bond motifs is 1. The fourth-order valence-electron chi connectivity index (χ4n) is 4.41. The van der Waals surface area contributed by atoms with Crippen LogP contribution in [-0.2, 0) is 0 Å². The Bertz CT molecular complexity index is 1380. The van der Waals surface area contributed by atoms with Crippen LogP contribution >= 0.6 is 11.3 Å². The highest BCUT2D eigenvalue weighted by atomic mass is 32.1. The molecule has 0 amide bonds. The summed E-state index contributed by atoms with van der Waals surface area (Å²) < 4.78 is 34.1. The Kier molecular flexibility index (Phi) is 6.54. The van der Waals surface area contributed by atoms with Crippen molar-refractivity contribution in [1.29, 1.82) is 0 Å². The number of carbonyl (C=O) groups excluding carboxylic acids is 1. The van der Waals surface area contributed by atoms with E-state index in [4.69, 9.17) is 4.74 Å². The molecular formula is C28H25F2NO3S. The molecule has 4 aromatic rings. The Balaban J connectivity index is 1.39.